The second-order valence-electron chi connectivity index (χ2n) is 4.89. The highest BCUT2D eigenvalue weighted by molar-refractivity contribution is 5.20. The van der Waals surface area contributed by atoms with Crippen LogP contribution in [0.2, 0.25) is 0 Å². The molecule has 82 valence electrons. The number of rotatable bonds is 0. The number of nitrogens with zero attached hydrogens (tertiary/aromatic N) is 3. The van der Waals surface area contributed by atoms with Crippen molar-refractivity contribution in [1.82, 2.24) is 14.7 Å². The van der Waals surface area contributed by atoms with E-state index >= 15 is 0 Å². The fourth-order valence-corrected chi connectivity index (χ4v) is 3.14. The Morgan fingerprint density at radius 2 is 1.80 bits per heavy atom. The van der Waals surface area contributed by atoms with Gasteiger partial charge in [-0.25, -0.2) is 0 Å². The van der Waals surface area contributed by atoms with Gasteiger partial charge in [0.1, 0.15) is 5.82 Å². The summed E-state index contributed by atoms with van der Waals surface area (Å²) in [7, 11) is 4.33. The Morgan fingerprint density at radius 1 is 1.07 bits per heavy atom. The van der Waals surface area contributed by atoms with Crippen LogP contribution >= 0.6 is 0 Å². The summed E-state index contributed by atoms with van der Waals surface area (Å²) < 4.78 is 0. The SMILES string of the molecule is CN1C=CN2C(=C1)N(C)C1CCCC[C@H]12. The molecule has 2 aliphatic heterocycles. The zero-order valence-electron chi connectivity index (χ0n) is 9.56. The maximum Gasteiger partial charge on any atom is 0.125 e. The molecular formula is C12H19N3. The van der Waals surface area contributed by atoms with Gasteiger partial charge in [-0.3, -0.25) is 0 Å². The Hall–Kier alpha value is -1.12. The second-order valence-corrected chi connectivity index (χ2v) is 4.89. The van der Waals surface area contributed by atoms with Crippen LogP contribution in [0.25, 0.3) is 0 Å². The summed E-state index contributed by atoms with van der Waals surface area (Å²) in [5.41, 5.74) is 0. The highest BCUT2D eigenvalue weighted by atomic mass is 15.4. The van der Waals surface area contributed by atoms with Crippen LogP contribution in [0.1, 0.15) is 25.7 Å². The van der Waals surface area contributed by atoms with Gasteiger partial charge < -0.3 is 14.7 Å². The predicted octanol–water partition coefficient (Wildman–Crippen LogP) is 1.76. The van der Waals surface area contributed by atoms with E-state index < -0.39 is 0 Å². The molecule has 1 aliphatic carbocycles. The summed E-state index contributed by atoms with van der Waals surface area (Å²) in [6.07, 6.45) is 12.1. The second kappa shape index (κ2) is 3.19. The van der Waals surface area contributed by atoms with Crippen molar-refractivity contribution in [2.75, 3.05) is 14.1 Å². The van der Waals surface area contributed by atoms with Gasteiger partial charge in [-0.1, -0.05) is 12.8 Å². The third-order valence-corrected chi connectivity index (χ3v) is 3.96. The third-order valence-electron chi connectivity index (χ3n) is 3.96. The van der Waals surface area contributed by atoms with E-state index in [0.29, 0.717) is 0 Å². The van der Waals surface area contributed by atoms with E-state index in [-0.39, 0.29) is 0 Å². The molecule has 15 heavy (non-hydrogen) atoms. The molecule has 2 heterocycles. The lowest BCUT2D eigenvalue weighted by Gasteiger charge is -2.30. The molecule has 0 aromatic carbocycles. The topological polar surface area (TPSA) is 9.72 Å². The maximum atomic E-state index is 2.46. The Morgan fingerprint density at radius 3 is 2.60 bits per heavy atom. The minimum absolute atomic E-state index is 0.722. The normalized spacial score (nSPS) is 34.0. The van der Waals surface area contributed by atoms with Crippen molar-refractivity contribution in [2.24, 2.45) is 0 Å². The van der Waals surface area contributed by atoms with E-state index in [1.165, 1.54) is 31.5 Å². The van der Waals surface area contributed by atoms with Gasteiger partial charge in [0, 0.05) is 32.7 Å². The van der Waals surface area contributed by atoms with Gasteiger partial charge in [0.15, 0.2) is 0 Å². The van der Waals surface area contributed by atoms with Crippen molar-refractivity contribution in [3.8, 4) is 0 Å². The minimum Gasteiger partial charge on any atom is -0.355 e. The lowest BCUT2D eigenvalue weighted by atomic mass is 9.90. The molecule has 0 N–H and O–H groups in total. The van der Waals surface area contributed by atoms with Crippen molar-refractivity contribution < 1.29 is 0 Å². The van der Waals surface area contributed by atoms with Crippen molar-refractivity contribution in [3.05, 3.63) is 24.4 Å². The predicted molar refractivity (Wildman–Crippen MR) is 60.6 cm³/mol. The molecule has 1 saturated carbocycles. The first-order chi connectivity index (χ1) is 7.27. The molecule has 0 amide bonds. The fraction of sp³-hybridized carbons (Fsp3) is 0.667. The Bertz CT molecular complexity index is 321. The first-order valence-electron chi connectivity index (χ1n) is 5.90. The highest BCUT2D eigenvalue weighted by Crippen LogP contribution is 2.38. The largest absolute Gasteiger partial charge is 0.355 e. The van der Waals surface area contributed by atoms with Crippen molar-refractivity contribution >= 4 is 0 Å². The number of likely N-dealkylation sites (N-methyl/N-ethyl adjacent to an activating group) is 1. The molecule has 0 aromatic heterocycles. The van der Waals surface area contributed by atoms with Gasteiger partial charge in [0.2, 0.25) is 0 Å². The summed E-state index contributed by atoms with van der Waals surface area (Å²) in [5.74, 6) is 1.37. The number of hydrogen-bond acceptors (Lipinski definition) is 3. The van der Waals surface area contributed by atoms with Crippen LogP contribution in [0.5, 0.6) is 0 Å². The fourth-order valence-electron chi connectivity index (χ4n) is 3.14. The maximum absolute atomic E-state index is 2.46. The van der Waals surface area contributed by atoms with Crippen LogP contribution < -0.4 is 0 Å². The monoisotopic (exact) mass is 205 g/mol. The quantitative estimate of drug-likeness (QED) is 0.596. The highest BCUT2D eigenvalue weighted by Gasteiger charge is 2.42. The molecule has 3 heteroatoms. The van der Waals surface area contributed by atoms with Crippen LogP contribution in [0, 0.1) is 0 Å². The van der Waals surface area contributed by atoms with Crippen molar-refractivity contribution in [1.29, 1.82) is 0 Å². The summed E-state index contributed by atoms with van der Waals surface area (Å²) in [4.78, 5) is 7.06. The van der Waals surface area contributed by atoms with E-state index in [1.54, 1.807) is 0 Å². The van der Waals surface area contributed by atoms with Crippen LogP contribution in [-0.2, 0) is 0 Å². The van der Waals surface area contributed by atoms with Crippen LogP contribution in [-0.4, -0.2) is 40.9 Å². The van der Waals surface area contributed by atoms with E-state index in [0.717, 1.165) is 12.1 Å². The van der Waals surface area contributed by atoms with E-state index in [4.69, 9.17) is 0 Å². The molecule has 2 fully saturated rings. The molecule has 1 saturated heterocycles. The Labute approximate surface area is 91.6 Å². The molecule has 0 aromatic rings. The molecule has 0 radical (unpaired) electrons. The standard InChI is InChI=1S/C12H19N3/c1-13-7-8-15-11-6-4-3-5-10(11)14(2)12(15)9-13/h7-11H,3-6H2,1-2H3/t10?,11-/m1/s1. The van der Waals surface area contributed by atoms with Crippen LogP contribution in [0.4, 0.5) is 0 Å². The minimum atomic E-state index is 0.722. The average Bonchev–Trinajstić information content (AvgIpc) is 2.54. The number of fused-ring (bicyclic) bond motifs is 3. The van der Waals surface area contributed by atoms with Gasteiger partial charge in [0.25, 0.3) is 0 Å². The zero-order chi connectivity index (χ0) is 10.4. The van der Waals surface area contributed by atoms with E-state index in [9.17, 15) is 0 Å². The summed E-state index contributed by atoms with van der Waals surface area (Å²) in [6, 6.07) is 1.46. The zero-order valence-corrected chi connectivity index (χ0v) is 9.56. The molecule has 3 nitrogen and oxygen atoms in total. The molecule has 3 rings (SSSR count). The van der Waals surface area contributed by atoms with Gasteiger partial charge in [-0.15, -0.1) is 0 Å². The molecule has 3 aliphatic rings. The van der Waals surface area contributed by atoms with Gasteiger partial charge in [0.05, 0.1) is 12.1 Å². The number of hydrogen-bond donors (Lipinski definition) is 0. The van der Waals surface area contributed by atoms with E-state index in [1.807, 2.05) is 0 Å². The molecule has 0 spiro atoms. The summed E-state index contributed by atoms with van der Waals surface area (Å²) in [5, 5.41) is 0. The first-order valence-corrected chi connectivity index (χ1v) is 5.90. The molecule has 0 bridgehead atoms. The smallest absolute Gasteiger partial charge is 0.125 e. The lowest BCUT2D eigenvalue weighted by Crippen LogP contribution is -2.37. The van der Waals surface area contributed by atoms with Gasteiger partial charge in [-0.05, 0) is 12.8 Å². The molecule has 2 atom stereocenters. The Kier molecular flexibility index (Phi) is 1.94. The van der Waals surface area contributed by atoms with Gasteiger partial charge in [-0.2, -0.15) is 0 Å². The average molecular weight is 205 g/mol. The van der Waals surface area contributed by atoms with Crippen molar-refractivity contribution in [3.63, 3.8) is 0 Å². The molecular weight excluding hydrogens is 186 g/mol. The lowest BCUT2D eigenvalue weighted by molar-refractivity contribution is 0.241. The summed E-state index contributed by atoms with van der Waals surface area (Å²) in [6.45, 7) is 0. The Balaban J connectivity index is 1.94. The summed E-state index contributed by atoms with van der Waals surface area (Å²) >= 11 is 0. The van der Waals surface area contributed by atoms with Gasteiger partial charge >= 0.3 is 0 Å². The van der Waals surface area contributed by atoms with E-state index in [2.05, 4.69) is 47.4 Å². The van der Waals surface area contributed by atoms with Crippen LogP contribution in [0.3, 0.4) is 0 Å². The van der Waals surface area contributed by atoms with Crippen LogP contribution in [0.15, 0.2) is 24.4 Å². The third kappa shape index (κ3) is 1.25. The first kappa shape index (κ1) is 9.13. The van der Waals surface area contributed by atoms with Crippen molar-refractivity contribution in [2.45, 2.75) is 37.8 Å². The molecule has 1 unspecified atom stereocenters.